The molecular weight excluding hydrogens is 400 g/mol. The SMILES string of the molecule is CCC/C=C\C(=N)CNC(=O)c1cnc2c(C3=CCC(F)(F)CC3)cc(OC)cc2c1. The maximum absolute atomic E-state index is 13.6. The number of nitrogens with zero attached hydrogens (tertiary/aromatic N) is 1. The Bertz CT molecular complexity index is 1040. The average molecular weight is 427 g/mol. The molecule has 0 saturated carbocycles. The van der Waals surface area contributed by atoms with Crippen molar-refractivity contribution in [1.29, 1.82) is 5.41 Å². The van der Waals surface area contributed by atoms with Gasteiger partial charge in [0.25, 0.3) is 11.8 Å². The number of amides is 1. The number of pyridine rings is 1. The van der Waals surface area contributed by atoms with Gasteiger partial charge in [-0.2, -0.15) is 0 Å². The van der Waals surface area contributed by atoms with E-state index in [-0.39, 0.29) is 31.7 Å². The smallest absolute Gasteiger partial charge is 0.253 e. The first-order valence-corrected chi connectivity index (χ1v) is 10.4. The normalized spacial score (nSPS) is 15.7. The highest BCUT2D eigenvalue weighted by molar-refractivity contribution is 6.02. The first kappa shape index (κ1) is 22.6. The molecule has 1 amide bonds. The number of rotatable bonds is 8. The van der Waals surface area contributed by atoms with Gasteiger partial charge in [0, 0.05) is 30.0 Å². The van der Waals surface area contributed by atoms with Crippen LogP contribution >= 0.6 is 0 Å². The molecule has 1 aromatic carbocycles. The summed E-state index contributed by atoms with van der Waals surface area (Å²) in [6.45, 7) is 2.19. The fourth-order valence-corrected chi connectivity index (χ4v) is 3.48. The number of halogens is 2. The summed E-state index contributed by atoms with van der Waals surface area (Å²) < 4.78 is 32.5. The van der Waals surface area contributed by atoms with Gasteiger partial charge in [-0.3, -0.25) is 9.78 Å². The Morgan fingerprint density at radius 3 is 2.84 bits per heavy atom. The molecule has 1 aliphatic carbocycles. The molecule has 0 unspecified atom stereocenters. The number of nitrogens with one attached hydrogen (secondary N) is 2. The van der Waals surface area contributed by atoms with Crippen molar-refractivity contribution < 1.29 is 18.3 Å². The molecule has 7 heteroatoms. The molecule has 31 heavy (non-hydrogen) atoms. The fraction of sp³-hybridized carbons (Fsp3) is 0.375. The maximum atomic E-state index is 13.6. The van der Waals surface area contributed by atoms with E-state index in [9.17, 15) is 13.6 Å². The number of carbonyl (C=O) groups excluding carboxylic acids is 1. The van der Waals surface area contributed by atoms with Gasteiger partial charge >= 0.3 is 0 Å². The van der Waals surface area contributed by atoms with Crippen LogP contribution in [0.15, 0.2) is 42.6 Å². The van der Waals surface area contributed by atoms with Crippen molar-refractivity contribution in [3.05, 3.63) is 53.8 Å². The van der Waals surface area contributed by atoms with Gasteiger partial charge in [-0.25, -0.2) is 8.78 Å². The second-order valence-corrected chi connectivity index (χ2v) is 7.66. The van der Waals surface area contributed by atoms with E-state index in [4.69, 9.17) is 10.1 Å². The van der Waals surface area contributed by atoms with Crippen LogP contribution in [0, 0.1) is 5.41 Å². The summed E-state index contributed by atoms with van der Waals surface area (Å²) in [6, 6.07) is 5.28. The van der Waals surface area contributed by atoms with Crippen LogP contribution in [-0.2, 0) is 0 Å². The molecule has 2 N–H and O–H groups in total. The first-order chi connectivity index (χ1) is 14.8. The van der Waals surface area contributed by atoms with Crippen molar-refractivity contribution in [2.24, 2.45) is 0 Å². The number of hydrogen-bond acceptors (Lipinski definition) is 4. The molecule has 5 nitrogen and oxygen atoms in total. The molecule has 1 aromatic heterocycles. The summed E-state index contributed by atoms with van der Waals surface area (Å²) in [5, 5.41) is 11.3. The molecule has 1 aliphatic rings. The standard InChI is InChI=1S/C24H27F2N3O2/c1-3-4-5-6-19(27)15-29-23(30)18-11-17-12-20(31-2)13-21(22(17)28-14-18)16-7-9-24(25,26)10-8-16/h5-7,11-14,27H,3-4,8-10,15H2,1-2H3,(H,29,30)/b6-5-,27-19?. The van der Waals surface area contributed by atoms with Crippen LogP contribution in [0.3, 0.4) is 0 Å². The zero-order chi connectivity index (χ0) is 22.4. The van der Waals surface area contributed by atoms with Crippen molar-refractivity contribution in [2.75, 3.05) is 13.7 Å². The van der Waals surface area contributed by atoms with Gasteiger partial charge in [-0.05, 0) is 42.7 Å². The molecule has 3 rings (SSSR count). The van der Waals surface area contributed by atoms with Crippen molar-refractivity contribution in [1.82, 2.24) is 10.3 Å². The Morgan fingerprint density at radius 1 is 1.35 bits per heavy atom. The second kappa shape index (κ2) is 9.81. The lowest BCUT2D eigenvalue weighted by Crippen LogP contribution is -2.28. The maximum Gasteiger partial charge on any atom is 0.253 e. The van der Waals surface area contributed by atoms with E-state index < -0.39 is 5.92 Å². The molecule has 0 atom stereocenters. The van der Waals surface area contributed by atoms with Gasteiger partial charge in [0.1, 0.15) is 5.75 Å². The number of hydrogen-bond donors (Lipinski definition) is 2. The van der Waals surface area contributed by atoms with Crippen molar-refractivity contribution in [3.63, 3.8) is 0 Å². The second-order valence-electron chi connectivity index (χ2n) is 7.66. The van der Waals surface area contributed by atoms with E-state index in [1.807, 2.05) is 6.08 Å². The number of unbranched alkanes of at least 4 members (excludes halogenated alkanes) is 1. The fourth-order valence-electron chi connectivity index (χ4n) is 3.48. The van der Waals surface area contributed by atoms with E-state index in [2.05, 4.69) is 17.2 Å². The summed E-state index contributed by atoms with van der Waals surface area (Å²) in [5.41, 5.74) is 2.89. The number of methoxy groups -OCH3 is 1. The molecule has 164 valence electrons. The van der Waals surface area contributed by atoms with Gasteiger partial charge in [0.05, 0.1) is 30.4 Å². The lowest BCUT2D eigenvalue weighted by Gasteiger charge is -2.22. The zero-order valence-electron chi connectivity index (χ0n) is 17.8. The number of alkyl halides is 2. The van der Waals surface area contributed by atoms with Gasteiger partial charge in [0.2, 0.25) is 0 Å². The molecule has 0 fully saturated rings. The monoisotopic (exact) mass is 427 g/mol. The topological polar surface area (TPSA) is 75.1 Å². The van der Waals surface area contributed by atoms with Gasteiger partial charge < -0.3 is 15.5 Å². The molecule has 1 heterocycles. The summed E-state index contributed by atoms with van der Waals surface area (Å²) in [6.07, 6.45) is 8.31. The zero-order valence-corrected chi connectivity index (χ0v) is 17.8. The molecule has 0 bridgehead atoms. The third-order valence-electron chi connectivity index (χ3n) is 5.22. The Kier molecular flexibility index (Phi) is 7.15. The number of benzene rings is 1. The predicted octanol–water partition coefficient (Wildman–Crippen LogP) is 5.55. The van der Waals surface area contributed by atoms with Gasteiger partial charge in [-0.15, -0.1) is 0 Å². The molecular formula is C24H27F2N3O2. The van der Waals surface area contributed by atoms with Gasteiger partial charge in [-0.1, -0.05) is 25.5 Å². The van der Waals surface area contributed by atoms with Crippen molar-refractivity contribution in [2.45, 2.75) is 45.0 Å². The van der Waals surface area contributed by atoms with Gasteiger partial charge in [0.15, 0.2) is 0 Å². The van der Waals surface area contributed by atoms with E-state index in [1.165, 1.54) is 13.3 Å². The van der Waals surface area contributed by atoms with E-state index in [1.54, 1.807) is 30.4 Å². The number of fused-ring (bicyclic) bond motifs is 1. The van der Waals surface area contributed by atoms with Crippen LogP contribution < -0.4 is 10.1 Å². The quantitative estimate of drug-likeness (QED) is 0.542. The minimum absolute atomic E-state index is 0.127. The van der Waals surface area contributed by atoms with Crippen LogP contribution in [-0.4, -0.2) is 36.2 Å². The summed E-state index contributed by atoms with van der Waals surface area (Å²) in [7, 11) is 1.54. The predicted molar refractivity (Wildman–Crippen MR) is 119 cm³/mol. The third-order valence-corrected chi connectivity index (χ3v) is 5.22. The van der Waals surface area contributed by atoms with Crippen LogP contribution in [0.1, 0.15) is 54.9 Å². The largest absolute Gasteiger partial charge is 0.497 e. The molecule has 0 aliphatic heterocycles. The number of ether oxygens (including phenoxy) is 1. The van der Waals surface area contributed by atoms with Crippen LogP contribution in [0.4, 0.5) is 8.78 Å². The first-order valence-electron chi connectivity index (χ1n) is 10.4. The van der Waals surface area contributed by atoms with Crippen molar-refractivity contribution >= 4 is 28.1 Å². The van der Waals surface area contributed by atoms with Crippen LogP contribution in [0.2, 0.25) is 0 Å². The lowest BCUT2D eigenvalue weighted by atomic mass is 9.90. The minimum Gasteiger partial charge on any atom is -0.497 e. The third kappa shape index (κ3) is 5.75. The van der Waals surface area contributed by atoms with Crippen molar-refractivity contribution in [3.8, 4) is 5.75 Å². The number of aromatic nitrogens is 1. The Hall–Kier alpha value is -3.09. The van der Waals surface area contributed by atoms with Crippen LogP contribution in [0.5, 0.6) is 5.75 Å². The summed E-state index contributed by atoms with van der Waals surface area (Å²) in [5.74, 6) is -2.43. The van der Waals surface area contributed by atoms with Crippen LogP contribution in [0.25, 0.3) is 16.5 Å². The highest BCUT2D eigenvalue weighted by atomic mass is 19.3. The highest BCUT2D eigenvalue weighted by Gasteiger charge is 2.31. The minimum atomic E-state index is -2.67. The number of carbonyl (C=O) groups is 1. The average Bonchev–Trinajstić information content (AvgIpc) is 2.76. The lowest BCUT2D eigenvalue weighted by molar-refractivity contribution is -0.00602. The Morgan fingerprint density at radius 2 is 2.16 bits per heavy atom. The molecule has 2 aromatic rings. The highest BCUT2D eigenvalue weighted by Crippen LogP contribution is 2.39. The van der Waals surface area contributed by atoms with E-state index in [0.717, 1.165) is 24.0 Å². The van der Waals surface area contributed by atoms with E-state index in [0.29, 0.717) is 27.9 Å². The summed E-state index contributed by atoms with van der Waals surface area (Å²) in [4.78, 5) is 17.0. The Balaban J connectivity index is 1.84. The van der Waals surface area contributed by atoms with E-state index >= 15 is 0 Å². The molecule has 0 spiro atoms. The molecule has 0 radical (unpaired) electrons. The molecule has 0 saturated heterocycles. The number of allylic oxidation sites excluding steroid dienone is 3. The summed E-state index contributed by atoms with van der Waals surface area (Å²) >= 11 is 0. The Labute approximate surface area is 180 Å².